The van der Waals surface area contributed by atoms with Gasteiger partial charge in [-0.25, -0.2) is 9.37 Å². The number of amides is 1. The fraction of sp³-hybridized carbons (Fsp3) is 0.227. The highest BCUT2D eigenvalue weighted by Crippen LogP contribution is 2.31. The normalized spacial score (nSPS) is 16.1. The standard InChI is InChI=1S/C22H18ClFN4O/c1-13(29)28-7-6-21(18-4-3-17(24)8-15(18)12-28)27-22-9-14(11-25)19-10-16(23)2-5-20(19)26-22/h2-5,8-10,21H,6-7,12H2,1H3,(H,26,27). The van der Waals surface area contributed by atoms with Crippen molar-refractivity contribution in [2.75, 3.05) is 11.9 Å². The summed E-state index contributed by atoms with van der Waals surface area (Å²) < 4.78 is 13.8. The number of hydrogen-bond acceptors (Lipinski definition) is 4. The first kappa shape index (κ1) is 19.2. The fourth-order valence-corrected chi connectivity index (χ4v) is 3.91. The first-order valence-electron chi connectivity index (χ1n) is 9.25. The molecule has 1 aliphatic rings. The third-order valence-electron chi connectivity index (χ3n) is 5.19. The molecule has 1 amide bonds. The van der Waals surface area contributed by atoms with Gasteiger partial charge in [0.25, 0.3) is 0 Å². The number of nitrogens with zero attached hydrogens (tertiary/aromatic N) is 3. The molecule has 2 heterocycles. The molecule has 1 aromatic heterocycles. The van der Waals surface area contributed by atoms with Gasteiger partial charge >= 0.3 is 0 Å². The van der Waals surface area contributed by atoms with Gasteiger partial charge in [-0.1, -0.05) is 17.7 Å². The van der Waals surface area contributed by atoms with Gasteiger partial charge in [0.2, 0.25) is 5.91 Å². The van der Waals surface area contributed by atoms with Crippen LogP contribution in [0.2, 0.25) is 5.02 Å². The van der Waals surface area contributed by atoms with Crippen molar-refractivity contribution < 1.29 is 9.18 Å². The molecule has 0 fully saturated rings. The lowest BCUT2D eigenvalue weighted by atomic mass is 9.99. The quantitative estimate of drug-likeness (QED) is 0.661. The molecule has 5 nitrogen and oxygen atoms in total. The molecule has 0 aliphatic carbocycles. The van der Waals surface area contributed by atoms with Gasteiger partial charge in [0, 0.05) is 30.4 Å². The monoisotopic (exact) mass is 408 g/mol. The number of nitrogens with one attached hydrogen (secondary N) is 1. The SMILES string of the molecule is CC(=O)N1CCC(Nc2cc(C#N)c3cc(Cl)ccc3n2)c2ccc(F)cc2C1. The Hall–Kier alpha value is -3.17. The van der Waals surface area contributed by atoms with Gasteiger partial charge in [-0.2, -0.15) is 5.26 Å². The number of anilines is 1. The zero-order valence-corrected chi connectivity index (χ0v) is 16.5. The van der Waals surface area contributed by atoms with Crippen LogP contribution in [0.4, 0.5) is 10.2 Å². The van der Waals surface area contributed by atoms with Gasteiger partial charge in [0.1, 0.15) is 11.6 Å². The third kappa shape index (κ3) is 3.87. The zero-order valence-electron chi connectivity index (χ0n) is 15.7. The second kappa shape index (κ2) is 7.69. The van der Waals surface area contributed by atoms with Crippen LogP contribution >= 0.6 is 11.6 Å². The molecule has 1 N–H and O–H groups in total. The van der Waals surface area contributed by atoms with E-state index in [2.05, 4.69) is 16.4 Å². The van der Waals surface area contributed by atoms with E-state index in [4.69, 9.17) is 11.6 Å². The van der Waals surface area contributed by atoms with Gasteiger partial charge in [-0.15, -0.1) is 0 Å². The summed E-state index contributed by atoms with van der Waals surface area (Å²) in [6.07, 6.45) is 0.639. The Morgan fingerprint density at radius 3 is 2.90 bits per heavy atom. The Morgan fingerprint density at radius 1 is 1.31 bits per heavy atom. The van der Waals surface area contributed by atoms with Crippen molar-refractivity contribution in [3.05, 3.63) is 70.0 Å². The summed E-state index contributed by atoms with van der Waals surface area (Å²) in [6, 6.07) is 13.6. The molecule has 2 aromatic carbocycles. The van der Waals surface area contributed by atoms with Crippen molar-refractivity contribution in [2.24, 2.45) is 0 Å². The summed E-state index contributed by atoms with van der Waals surface area (Å²) in [5.74, 6) is 0.168. The Balaban J connectivity index is 1.73. The van der Waals surface area contributed by atoms with Gasteiger partial charge in [-0.05, 0) is 53.9 Å². The number of hydrogen-bond donors (Lipinski definition) is 1. The molecule has 0 spiro atoms. The maximum atomic E-state index is 13.8. The second-order valence-electron chi connectivity index (χ2n) is 7.10. The Bertz CT molecular complexity index is 1160. The molecular weight excluding hydrogens is 391 g/mol. The molecule has 3 aromatic rings. The molecule has 146 valence electrons. The van der Waals surface area contributed by atoms with E-state index in [9.17, 15) is 14.4 Å². The molecule has 1 unspecified atom stereocenters. The van der Waals surface area contributed by atoms with Crippen molar-refractivity contribution in [1.82, 2.24) is 9.88 Å². The van der Waals surface area contributed by atoms with Crippen LogP contribution < -0.4 is 5.32 Å². The van der Waals surface area contributed by atoms with Gasteiger partial charge in [0.15, 0.2) is 0 Å². The molecule has 1 atom stereocenters. The number of halogens is 2. The van der Waals surface area contributed by atoms with E-state index in [1.54, 1.807) is 35.2 Å². The summed E-state index contributed by atoms with van der Waals surface area (Å²) in [6.45, 7) is 2.42. The molecule has 0 saturated heterocycles. The van der Waals surface area contributed by atoms with Crippen molar-refractivity contribution in [3.63, 3.8) is 0 Å². The van der Waals surface area contributed by atoms with E-state index < -0.39 is 0 Å². The van der Waals surface area contributed by atoms with E-state index in [1.807, 2.05) is 0 Å². The van der Waals surface area contributed by atoms with Crippen molar-refractivity contribution in [2.45, 2.75) is 25.9 Å². The van der Waals surface area contributed by atoms with Crippen LogP contribution in [0.1, 0.15) is 36.1 Å². The molecule has 7 heteroatoms. The van der Waals surface area contributed by atoms with Gasteiger partial charge in [0.05, 0.1) is 23.2 Å². The average Bonchev–Trinajstić information content (AvgIpc) is 2.87. The number of carbonyl (C=O) groups excluding carboxylic acids is 1. The molecule has 0 radical (unpaired) electrons. The highest BCUT2D eigenvalue weighted by molar-refractivity contribution is 6.31. The number of aromatic nitrogens is 1. The van der Waals surface area contributed by atoms with Crippen LogP contribution in [-0.4, -0.2) is 22.3 Å². The largest absolute Gasteiger partial charge is 0.363 e. The lowest BCUT2D eigenvalue weighted by molar-refractivity contribution is -0.129. The predicted molar refractivity (Wildman–Crippen MR) is 110 cm³/mol. The van der Waals surface area contributed by atoms with Gasteiger partial charge in [-0.3, -0.25) is 4.79 Å². The number of benzene rings is 2. The highest BCUT2D eigenvalue weighted by atomic mass is 35.5. The van der Waals surface area contributed by atoms with E-state index in [-0.39, 0.29) is 17.8 Å². The lowest BCUT2D eigenvalue weighted by Gasteiger charge is -2.20. The van der Waals surface area contributed by atoms with Gasteiger partial charge < -0.3 is 10.2 Å². The van der Waals surface area contributed by atoms with Crippen molar-refractivity contribution in [1.29, 1.82) is 5.26 Å². The number of nitriles is 1. The number of carbonyl (C=O) groups is 1. The molecule has 1 aliphatic heterocycles. The topological polar surface area (TPSA) is 69.0 Å². The Labute approximate surface area is 172 Å². The van der Waals surface area contributed by atoms with Crippen LogP contribution in [-0.2, 0) is 11.3 Å². The van der Waals surface area contributed by atoms with Crippen LogP contribution in [0.15, 0.2) is 42.5 Å². The van der Waals surface area contributed by atoms with E-state index in [0.717, 1.165) is 11.1 Å². The van der Waals surface area contributed by atoms with Crippen LogP contribution in [0.5, 0.6) is 0 Å². The van der Waals surface area contributed by atoms with E-state index in [0.29, 0.717) is 46.8 Å². The van der Waals surface area contributed by atoms with Crippen molar-refractivity contribution in [3.8, 4) is 6.07 Å². The lowest BCUT2D eigenvalue weighted by Crippen LogP contribution is -2.28. The zero-order chi connectivity index (χ0) is 20.5. The van der Waals surface area contributed by atoms with Crippen LogP contribution in [0.25, 0.3) is 10.9 Å². The first-order valence-corrected chi connectivity index (χ1v) is 9.63. The predicted octanol–water partition coefficient (Wildman–Crippen LogP) is 4.80. The molecular formula is C22H18ClFN4O. The number of rotatable bonds is 2. The summed E-state index contributed by atoms with van der Waals surface area (Å²) >= 11 is 6.05. The number of fused-ring (bicyclic) bond motifs is 2. The maximum absolute atomic E-state index is 13.8. The summed E-state index contributed by atoms with van der Waals surface area (Å²) in [5.41, 5.74) is 2.82. The second-order valence-corrected chi connectivity index (χ2v) is 7.53. The molecule has 4 rings (SSSR count). The minimum Gasteiger partial charge on any atom is -0.363 e. The van der Waals surface area contributed by atoms with Crippen LogP contribution in [0.3, 0.4) is 0 Å². The van der Waals surface area contributed by atoms with Crippen molar-refractivity contribution >= 4 is 34.2 Å². The summed E-state index contributed by atoms with van der Waals surface area (Å²) in [4.78, 5) is 18.2. The van der Waals surface area contributed by atoms with E-state index in [1.165, 1.54) is 19.1 Å². The third-order valence-corrected chi connectivity index (χ3v) is 5.42. The fourth-order valence-electron chi connectivity index (χ4n) is 3.74. The van der Waals surface area contributed by atoms with Crippen LogP contribution in [0, 0.1) is 17.1 Å². The minimum atomic E-state index is -0.333. The number of pyridine rings is 1. The Morgan fingerprint density at radius 2 is 2.14 bits per heavy atom. The molecule has 0 bridgehead atoms. The smallest absolute Gasteiger partial charge is 0.219 e. The summed E-state index contributed by atoms with van der Waals surface area (Å²) in [7, 11) is 0. The average molecular weight is 409 g/mol. The first-order chi connectivity index (χ1) is 13.9. The molecule has 29 heavy (non-hydrogen) atoms. The molecule has 0 saturated carbocycles. The highest BCUT2D eigenvalue weighted by Gasteiger charge is 2.24. The minimum absolute atomic E-state index is 0.0478. The Kier molecular flexibility index (Phi) is 5.08. The maximum Gasteiger partial charge on any atom is 0.219 e. The summed E-state index contributed by atoms with van der Waals surface area (Å²) in [5, 5.41) is 14.2. The van der Waals surface area contributed by atoms with E-state index >= 15 is 0 Å².